The van der Waals surface area contributed by atoms with Crippen LogP contribution in [0.1, 0.15) is 32.3 Å². The van der Waals surface area contributed by atoms with E-state index in [1.807, 2.05) is 12.4 Å². The molecular weight excluding hydrogens is 210 g/mol. The second-order valence-electron chi connectivity index (χ2n) is 4.97. The Hall–Kier alpha value is -1.09. The molecule has 1 aromatic rings. The molecule has 1 aromatic heterocycles. The molecule has 94 valence electrons. The Labute approximate surface area is 104 Å². The zero-order chi connectivity index (χ0) is 12.3. The normalized spacial score (nSPS) is 16.9. The van der Waals surface area contributed by atoms with Crippen LogP contribution in [0.3, 0.4) is 0 Å². The maximum absolute atomic E-state index is 4.23. The molecule has 1 aliphatic carbocycles. The quantitative estimate of drug-likeness (QED) is 0.818. The van der Waals surface area contributed by atoms with Crippen LogP contribution in [0.15, 0.2) is 18.5 Å². The highest BCUT2D eigenvalue weighted by atomic mass is 15.1. The molecule has 0 amide bonds. The summed E-state index contributed by atoms with van der Waals surface area (Å²) in [6.07, 6.45) is 6.65. The second kappa shape index (κ2) is 5.50. The molecule has 0 radical (unpaired) electrons. The summed E-state index contributed by atoms with van der Waals surface area (Å²) in [5, 5.41) is 3.38. The van der Waals surface area contributed by atoms with Gasteiger partial charge in [-0.25, -0.2) is 0 Å². The van der Waals surface area contributed by atoms with Gasteiger partial charge in [-0.15, -0.1) is 0 Å². The lowest BCUT2D eigenvalue weighted by atomic mass is 10.1. The van der Waals surface area contributed by atoms with Crippen LogP contribution in [0.25, 0.3) is 0 Å². The molecule has 0 bridgehead atoms. The summed E-state index contributed by atoms with van der Waals surface area (Å²) in [5.41, 5.74) is 2.62. The van der Waals surface area contributed by atoms with Crippen LogP contribution in [0.2, 0.25) is 0 Å². The fourth-order valence-corrected chi connectivity index (χ4v) is 2.27. The van der Waals surface area contributed by atoms with Crippen molar-refractivity contribution in [2.45, 2.75) is 39.3 Å². The van der Waals surface area contributed by atoms with Gasteiger partial charge >= 0.3 is 0 Å². The van der Waals surface area contributed by atoms with Crippen molar-refractivity contribution < 1.29 is 0 Å². The van der Waals surface area contributed by atoms with Crippen LogP contribution in [-0.4, -0.2) is 24.6 Å². The number of aromatic nitrogens is 1. The van der Waals surface area contributed by atoms with Crippen molar-refractivity contribution in [3.63, 3.8) is 0 Å². The number of rotatable bonds is 6. The maximum atomic E-state index is 4.23. The van der Waals surface area contributed by atoms with E-state index in [4.69, 9.17) is 0 Å². The average Bonchev–Trinajstić information content (AvgIpc) is 3.19. The molecule has 1 unspecified atom stereocenters. The molecule has 17 heavy (non-hydrogen) atoms. The molecule has 0 aromatic carbocycles. The van der Waals surface area contributed by atoms with E-state index in [-0.39, 0.29) is 0 Å². The van der Waals surface area contributed by atoms with Gasteiger partial charge in [0.15, 0.2) is 0 Å². The topological polar surface area (TPSA) is 28.2 Å². The van der Waals surface area contributed by atoms with Crippen molar-refractivity contribution in [2.75, 3.05) is 18.5 Å². The summed E-state index contributed by atoms with van der Waals surface area (Å²) in [4.78, 5) is 6.64. The van der Waals surface area contributed by atoms with Crippen molar-refractivity contribution in [3.05, 3.63) is 24.0 Å². The molecule has 1 N–H and O–H groups in total. The standard InChI is InChI=1S/C14H23N3/c1-4-15-9-13-10-16-8-7-14(13)17(3)11(2)12-5-6-12/h7-8,10-12,15H,4-6,9H2,1-3H3. The predicted octanol–water partition coefficient (Wildman–Crippen LogP) is 2.43. The van der Waals surface area contributed by atoms with Crippen LogP contribution >= 0.6 is 0 Å². The lowest BCUT2D eigenvalue weighted by Crippen LogP contribution is -2.32. The number of nitrogens with zero attached hydrogens (tertiary/aromatic N) is 2. The van der Waals surface area contributed by atoms with Crippen molar-refractivity contribution in [1.29, 1.82) is 0 Å². The molecule has 1 fully saturated rings. The van der Waals surface area contributed by atoms with Gasteiger partial charge in [-0.1, -0.05) is 6.92 Å². The molecule has 1 saturated carbocycles. The Balaban J connectivity index is 2.11. The molecule has 0 saturated heterocycles. The van der Waals surface area contributed by atoms with E-state index in [1.54, 1.807) is 0 Å². The number of nitrogens with one attached hydrogen (secondary N) is 1. The van der Waals surface area contributed by atoms with Crippen molar-refractivity contribution in [3.8, 4) is 0 Å². The fourth-order valence-electron chi connectivity index (χ4n) is 2.27. The van der Waals surface area contributed by atoms with Crippen LogP contribution in [-0.2, 0) is 6.54 Å². The lowest BCUT2D eigenvalue weighted by Gasteiger charge is -2.29. The van der Waals surface area contributed by atoms with Gasteiger partial charge < -0.3 is 10.2 Å². The van der Waals surface area contributed by atoms with E-state index in [9.17, 15) is 0 Å². The molecule has 2 rings (SSSR count). The Morgan fingerprint density at radius 1 is 1.53 bits per heavy atom. The first-order chi connectivity index (χ1) is 8.24. The zero-order valence-electron chi connectivity index (χ0n) is 11.1. The van der Waals surface area contributed by atoms with Crippen LogP contribution < -0.4 is 10.2 Å². The van der Waals surface area contributed by atoms with Gasteiger partial charge in [0.2, 0.25) is 0 Å². The average molecular weight is 233 g/mol. The molecule has 1 heterocycles. The lowest BCUT2D eigenvalue weighted by molar-refractivity contribution is 0.604. The SMILES string of the molecule is CCNCc1cnccc1N(C)C(C)C1CC1. The Morgan fingerprint density at radius 3 is 2.94 bits per heavy atom. The van der Waals surface area contributed by atoms with E-state index in [0.29, 0.717) is 6.04 Å². The van der Waals surface area contributed by atoms with Crippen molar-refractivity contribution in [1.82, 2.24) is 10.3 Å². The summed E-state index contributed by atoms with van der Waals surface area (Å²) in [6, 6.07) is 2.77. The smallest absolute Gasteiger partial charge is 0.0442 e. The molecule has 0 aliphatic heterocycles. The number of anilines is 1. The van der Waals surface area contributed by atoms with Gasteiger partial charge in [0, 0.05) is 43.3 Å². The largest absolute Gasteiger partial charge is 0.371 e. The third-order valence-corrected chi connectivity index (χ3v) is 3.74. The third-order valence-electron chi connectivity index (χ3n) is 3.74. The predicted molar refractivity (Wildman–Crippen MR) is 72.2 cm³/mol. The van der Waals surface area contributed by atoms with E-state index >= 15 is 0 Å². The van der Waals surface area contributed by atoms with Gasteiger partial charge in [-0.05, 0) is 38.3 Å². The van der Waals surface area contributed by atoms with Gasteiger partial charge in [0.05, 0.1) is 0 Å². The minimum absolute atomic E-state index is 0.637. The van der Waals surface area contributed by atoms with E-state index in [2.05, 4.69) is 42.2 Å². The number of hydrogen-bond acceptors (Lipinski definition) is 3. The number of pyridine rings is 1. The molecule has 3 heteroatoms. The second-order valence-corrected chi connectivity index (χ2v) is 4.97. The summed E-state index contributed by atoms with van der Waals surface area (Å²) in [6.45, 7) is 6.36. The minimum Gasteiger partial charge on any atom is -0.371 e. The minimum atomic E-state index is 0.637. The zero-order valence-corrected chi connectivity index (χ0v) is 11.1. The van der Waals surface area contributed by atoms with E-state index < -0.39 is 0 Å². The Kier molecular flexibility index (Phi) is 4.00. The van der Waals surface area contributed by atoms with Crippen molar-refractivity contribution >= 4 is 5.69 Å². The number of hydrogen-bond donors (Lipinski definition) is 1. The summed E-state index contributed by atoms with van der Waals surface area (Å²) >= 11 is 0. The molecule has 0 spiro atoms. The Morgan fingerprint density at radius 2 is 2.29 bits per heavy atom. The van der Waals surface area contributed by atoms with Gasteiger partial charge in [0.25, 0.3) is 0 Å². The highest BCUT2D eigenvalue weighted by molar-refractivity contribution is 5.52. The van der Waals surface area contributed by atoms with Crippen LogP contribution in [0.5, 0.6) is 0 Å². The first kappa shape index (κ1) is 12.4. The van der Waals surface area contributed by atoms with Gasteiger partial charge in [-0.2, -0.15) is 0 Å². The summed E-state index contributed by atoms with van der Waals surface area (Å²) < 4.78 is 0. The highest BCUT2D eigenvalue weighted by Gasteiger charge is 2.31. The fraction of sp³-hybridized carbons (Fsp3) is 0.643. The monoisotopic (exact) mass is 233 g/mol. The maximum Gasteiger partial charge on any atom is 0.0442 e. The van der Waals surface area contributed by atoms with Crippen LogP contribution in [0.4, 0.5) is 5.69 Å². The first-order valence-electron chi connectivity index (χ1n) is 6.60. The first-order valence-corrected chi connectivity index (χ1v) is 6.60. The van der Waals surface area contributed by atoms with Crippen LogP contribution in [0, 0.1) is 5.92 Å². The molecule has 3 nitrogen and oxygen atoms in total. The van der Waals surface area contributed by atoms with E-state index in [1.165, 1.54) is 24.1 Å². The molecule has 1 aliphatic rings. The third kappa shape index (κ3) is 2.97. The summed E-state index contributed by atoms with van der Waals surface area (Å²) in [7, 11) is 2.20. The van der Waals surface area contributed by atoms with Crippen molar-refractivity contribution in [2.24, 2.45) is 5.92 Å². The summed E-state index contributed by atoms with van der Waals surface area (Å²) in [5.74, 6) is 0.889. The van der Waals surface area contributed by atoms with E-state index in [0.717, 1.165) is 19.0 Å². The van der Waals surface area contributed by atoms with Gasteiger partial charge in [-0.3, -0.25) is 4.98 Å². The molecule has 1 atom stereocenters. The Bertz CT molecular complexity index is 360. The molecular formula is C14H23N3. The van der Waals surface area contributed by atoms with Gasteiger partial charge in [0.1, 0.15) is 0 Å². The highest BCUT2D eigenvalue weighted by Crippen LogP contribution is 2.36.